The fraction of sp³-hybridized carbons (Fsp3) is 1.00. The Kier molecular flexibility index (Phi) is 11.7. The Morgan fingerprint density at radius 2 is 1.27 bits per heavy atom. The average molecular weight is 469 g/mol. The van der Waals surface area contributed by atoms with Gasteiger partial charge in [0.1, 0.15) is 0 Å². The van der Waals surface area contributed by atoms with E-state index in [0.29, 0.717) is 48.2 Å². The van der Waals surface area contributed by atoms with Gasteiger partial charge in [0.15, 0.2) is 6.29 Å². The molecule has 2 saturated heterocycles. The third-order valence-corrected chi connectivity index (χ3v) is 9.23. The molecular weight excluding hydrogens is 412 g/mol. The van der Waals surface area contributed by atoms with Crippen molar-refractivity contribution in [2.24, 2.45) is 35.5 Å². The molecule has 2 fully saturated rings. The van der Waals surface area contributed by atoms with E-state index in [4.69, 9.17) is 18.9 Å². The van der Waals surface area contributed by atoms with Crippen LogP contribution in [0, 0.1) is 35.5 Å². The molecule has 4 nitrogen and oxygen atoms in total. The zero-order valence-electron chi connectivity index (χ0n) is 23.6. The molecule has 4 heteroatoms. The van der Waals surface area contributed by atoms with Gasteiger partial charge in [-0.25, -0.2) is 0 Å². The largest absolute Gasteiger partial charge is 0.371 e. The Balaban J connectivity index is 2.20. The van der Waals surface area contributed by atoms with Crippen molar-refractivity contribution in [3.8, 4) is 0 Å². The zero-order chi connectivity index (χ0) is 24.8. The highest BCUT2D eigenvalue weighted by Crippen LogP contribution is 2.46. The van der Waals surface area contributed by atoms with Gasteiger partial charge in [0.2, 0.25) is 0 Å². The molecule has 0 spiro atoms. The maximum atomic E-state index is 6.86. The fourth-order valence-electron chi connectivity index (χ4n) is 7.40. The van der Waals surface area contributed by atoms with Crippen molar-refractivity contribution < 1.29 is 18.9 Å². The van der Waals surface area contributed by atoms with E-state index in [-0.39, 0.29) is 24.1 Å². The molecule has 0 bridgehead atoms. The van der Waals surface area contributed by atoms with E-state index in [9.17, 15) is 0 Å². The molecule has 0 N–H and O–H groups in total. The van der Waals surface area contributed by atoms with Crippen molar-refractivity contribution in [2.75, 3.05) is 13.7 Å². The molecule has 33 heavy (non-hydrogen) atoms. The van der Waals surface area contributed by atoms with Crippen LogP contribution in [0.4, 0.5) is 0 Å². The van der Waals surface area contributed by atoms with E-state index in [2.05, 4.69) is 62.3 Å². The van der Waals surface area contributed by atoms with Gasteiger partial charge in [0, 0.05) is 13.0 Å². The van der Waals surface area contributed by atoms with Crippen LogP contribution in [0.1, 0.15) is 107 Å². The van der Waals surface area contributed by atoms with Gasteiger partial charge in [0.25, 0.3) is 0 Å². The van der Waals surface area contributed by atoms with Crippen LogP contribution in [-0.4, -0.2) is 43.9 Å². The molecule has 0 aromatic heterocycles. The maximum Gasteiger partial charge on any atom is 0.160 e. The second-order valence-corrected chi connectivity index (χ2v) is 11.3. The van der Waals surface area contributed by atoms with Gasteiger partial charge in [-0.2, -0.15) is 0 Å². The van der Waals surface area contributed by atoms with Gasteiger partial charge in [-0.05, 0) is 56.3 Å². The summed E-state index contributed by atoms with van der Waals surface area (Å²) in [6.45, 7) is 21.3. The van der Waals surface area contributed by atoms with Crippen LogP contribution in [0.5, 0.6) is 0 Å². The second-order valence-electron chi connectivity index (χ2n) is 11.3. The van der Waals surface area contributed by atoms with Crippen molar-refractivity contribution in [2.45, 2.75) is 137 Å². The van der Waals surface area contributed by atoms with Gasteiger partial charge < -0.3 is 18.9 Å². The second kappa shape index (κ2) is 13.2. The topological polar surface area (TPSA) is 36.9 Å². The van der Waals surface area contributed by atoms with Crippen molar-refractivity contribution >= 4 is 0 Å². The van der Waals surface area contributed by atoms with Gasteiger partial charge in [-0.15, -0.1) is 0 Å². The van der Waals surface area contributed by atoms with Crippen molar-refractivity contribution in [3.05, 3.63) is 0 Å². The summed E-state index contributed by atoms with van der Waals surface area (Å²) < 4.78 is 26.0. The molecule has 196 valence electrons. The summed E-state index contributed by atoms with van der Waals surface area (Å²) in [5.74, 6) is 3.41. The SMILES string of the molecule is CCCC1O[C@@H](C(C)(C)OCC2O[C@@H](OC)C(CC)C(CC)[C@@H]2CC)C(CC)C(CC)[C@@H]1C. The summed E-state index contributed by atoms with van der Waals surface area (Å²) >= 11 is 0. The minimum atomic E-state index is -0.353. The highest BCUT2D eigenvalue weighted by atomic mass is 16.7. The van der Waals surface area contributed by atoms with Gasteiger partial charge in [0.05, 0.1) is 30.5 Å². The molecule has 2 aliphatic rings. The molecule has 10 atom stereocenters. The summed E-state index contributed by atoms with van der Waals surface area (Å²) in [6, 6.07) is 0. The number of rotatable bonds is 12. The summed E-state index contributed by atoms with van der Waals surface area (Å²) in [5.41, 5.74) is -0.353. The predicted octanol–water partition coefficient (Wildman–Crippen LogP) is 7.49. The van der Waals surface area contributed by atoms with Crippen molar-refractivity contribution in [3.63, 3.8) is 0 Å². The summed E-state index contributed by atoms with van der Waals surface area (Å²) in [6.07, 6.45) is 8.42. The van der Waals surface area contributed by atoms with Crippen LogP contribution >= 0.6 is 0 Å². The number of hydrogen-bond donors (Lipinski definition) is 0. The first-order valence-electron chi connectivity index (χ1n) is 14.2. The average Bonchev–Trinajstić information content (AvgIpc) is 2.82. The molecule has 0 aliphatic carbocycles. The Labute approximate surface area is 205 Å². The van der Waals surface area contributed by atoms with Gasteiger partial charge >= 0.3 is 0 Å². The molecule has 0 aromatic rings. The number of hydrogen-bond acceptors (Lipinski definition) is 4. The normalized spacial score (nSPS) is 40.2. The Bertz CT molecular complexity index is 550. The third-order valence-electron chi connectivity index (χ3n) is 9.23. The predicted molar refractivity (Wildman–Crippen MR) is 137 cm³/mol. The van der Waals surface area contributed by atoms with E-state index < -0.39 is 0 Å². The zero-order valence-corrected chi connectivity index (χ0v) is 23.6. The Morgan fingerprint density at radius 1 is 0.697 bits per heavy atom. The molecule has 0 radical (unpaired) electrons. The van der Waals surface area contributed by atoms with E-state index in [0.717, 1.165) is 25.7 Å². The summed E-state index contributed by atoms with van der Waals surface area (Å²) in [7, 11) is 1.79. The minimum absolute atomic E-state index is 0.0722. The minimum Gasteiger partial charge on any atom is -0.371 e. The molecule has 2 aliphatic heterocycles. The highest BCUT2D eigenvalue weighted by molar-refractivity contribution is 4.97. The lowest BCUT2D eigenvalue weighted by molar-refractivity contribution is -0.275. The lowest BCUT2D eigenvalue weighted by Crippen LogP contribution is -2.57. The Morgan fingerprint density at radius 3 is 1.76 bits per heavy atom. The molecule has 2 heterocycles. The van der Waals surface area contributed by atoms with E-state index in [1.807, 2.05) is 0 Å². The standard InChI is InChI=1S/C29H56O4/c1-11-17-25-19(7)20(12-2)23(15-5)27(32-25)29(8,9)31-18-26-22(14-4)21(13-3)24(16-6)28(30-10)33-26/h19-28H,11-18H2,1-10H3/t19-,20?,21?,22-,23?,24?,25?,26?,27+,28+/m0/s1. The molecular formula is C29H56O4. The molecule has 2 rings (SSSR count). The molecule has 0 saturated carbocycles. The first-order chi connectivity index (χ1) is 15.7. The van der Waals surface area contributed by atoms with Gasteiger partial charge in [-0.1, -0.05) is 80.6 Å². The van der Waals surface area contributed by atoms with Crippen LogP contribution in [0.3, 0.4) is 0 Å². The van der Waals surface area contributed by atoms with Crippen LogP contribution in [0.25, 0.3) is 0 Å². The van der Waals surface area contributed by atoms with Crippen LogP contribution in [0.15, 0.2) is 0 Å². The lowest BCUT2D eigenvalue weighted by atomic mass is 9.68. The van der Waals surface area contributed by atoms with E-state index >= 15 is 0 Å². The summed E-state index contributed by atoms with van der Waals surface area (Å²) in [4.78, 5) is 0. The maximum absolute atomic E-state index is 6.86. The summed E-state index contributed by atoms with van der Waals surface area (Å²) in [5, 5.41) is 0. The smallest absolute Gasteiger partial charge is 0.160 e. The monoisotopic (exact) mass is 468 g/mol. The fourth-order valence-corrected chi connectivity index (χ4v) is 7.40. The van der Waals surface area contributed by atoms with E-state index in [1.165, 1.54) is 19.3 Å². The van der Waals surface area contributed by atoms with Crippen LogP contribution in [0.2, 0.25) is 0 Å². The first-order valence-corrected chi connectivity index (χ1v) is 14.2. The van der Waals surface area contributed by atoms with Crippen molar-refractivity contribution in [1.82, 2.24) is 0 Å². The number of ether oxygens (including phenoxy) is 4. The molecule has 0 aromatic carbocycles. The highest BCUT2D eigenvalue weighted by Gasteiger charge is 2.49. The number of methoxy groups -OCH3 is 1. The third kappa shape index (κ3) is 6.35. The van der Waals surface area contributed by atoms with Crippen LogP contribution in [-0.2, 0) is 18.9 Å². The van der Waals surface area contributed by atoms with Gasteiger partial charge in [-0.3, -0.25) is 0 Å². The quantitative estimate of drug-likeness (QED) is 0.297. The Hall–Kier alpha value is -0.160. The lowest BCUT2D eigenvalue weighted by Gasteiger charge is -2.52. The van der Waals surface area contributed by atoms with Crippen LogP contribution < -0.4 is 0 Å². The van der Waals surface area contributed by atoms with Crippen molar-refractivity contribution in [1.29, 1.82) is 0 Å². The van der Waals surface area contributed by atoms with E-state index in [1.54, 1.807) is 7.11 Å². The molecule has 6 unspecified atom stereocenters. The molecule has 0 amide bonds. The first kappa shape index (κ1) is 29.1.